The van der Waals surface area contributed by atoms with Gasteiger partial charge in [-0.05, 0) is 36.8 Å². The quantitative estimate of drug-likeness (QED) is 0.466. The summed E-state index contributed by atoms with van der Waals surface area (Å²) in [5.74, 6) is 0.174. The van der Waals surface area contributed by atoms with Crippen LogP contribution in [0, 0.1) is 5.82 Å². The minimum absolute atomic E-state index is 0.344. The van der Waals surface area contributed by atoms with E-state index in [1.165, 1.54) is 6.07 Å². The molecule has 29 heavy (non-hydrogen) atoms. The van der Waals surface area contributed by atoms with Gasteiger partial charge in [-0.2, -0.15) is 5.10 Å². The van der Waals surface area contributed by atoms with Crippen LogP contribution < -0.4 is 4.74 Å². The highest BCUT2D eigenvalue weighted by Gasteiger charge is 2.17. The number of hydrogen-bond acceptors (Lipinski definition) is 5. The molecule has 0 aliphatic heterocycles. The van der Waals surface area contributed by atoms with Crippen molar-refractivity contribution < 1.29 is 9.13 Å². The van der Waals surface area contributed by atoms with Crippen LogP contribution in [0.5, 0.6) is 5.88 Å². The zero-order valence-electron chi connectivity index (χ0n) is 15.9. The predicted octanol–water partition coefficient (Wildman–Crippen LogP) is 3.98. The first-order valence-electron chi connectivity index (χ1n) is 9.18. The van der Waals surface area contributed by atoms with E-state index in [9.17, 15) is 4.39 Å². The summed E-state index contributed by atoms with van der Waals surface area (Å²) < 4.78 is 24.1. The first-order chi connectivity index (χ1) is 14.2. The zero-order valence-corrected chi connectivity index (χ0v) is 15.9. The Morgan fingerprint density at radius 3 is 2.79 bits per heavy atom. The van der Waals surface area contributed by atoms with Crippen molar-refractivity contribution in [3.8, 4) is 28.1 Å². The Bertz CT molecular complexity index is 1360. The molecule has 0 unspecified atom stereocenters. The first-order valence-corrected chi connectivity index (χ1v) is 9.18. The molecule has 0 fully saturated rings. The molecule has 7 nitrogen and oxygen atoms in total. The molecular weight excluding hydrogens is 371 g/mol. The molecule has 5 aromatic rings. The predicted molar refractivity (Wildman–Crippen MR) is 107 cm³/mol. The average molecular weight is 388 g/mol. The highest BCUT2D eigenvalue weighted by molar-refractivity contribution is 5.90. The van der Waals surface area contributed by atoms with Crippen molar-refractivity contribution in [2.45, 2.75) is 13.5 Å². The van der Waals surface area contributed by atoms with E-state index in [1.54, 1.807) is 48.6 Å². The molecule has 0 bridgehead atoms. The molecule has 0 aliphatic carbocycles. The molecule has 0 saturated heterocycles. The van der Waals surface area contributed by atoms with E-state index in [2.05, 4.69) is 20.2 Å². The number of aromatic nitrogens is 6. The summed E-state index contributed by atoms with van der Waals surface area (Å²) in [6, 6.07) is 8.61. The molecule has 4 aromatic heterocycles. The van der Waals surface area contributed by atoms with Gasteiger partial charge < -0.3 is 9.30 Å². The van der Waals surface area contributed by atoms with E-state index in [0.29, 0.717) is 22.7 Å². The lowest BCUT2D eigenvalue weighted by Crippen LogP contribution is -1.98. The standard InChI is InChI=1S/C21H17FN6O/c1-3-27-12-24-19-16(11-25-26-20(19)27)13-4-6-17(22)15(10-13)14-5-7-18-23-8-9-28(18)21(14)29-2/h4-12H,3H2,1-2H3. The SMILES string of the molecule is CCn1cnc2c(-c3ccc(F)c(-c4ccc5nccn5c4OC)c3)cnnc21. The molecule has 5 rings (SSSR count). The zero-order chi connectivity index (χ0) is 20.0. The van der Waals surface area contributed by atoms with Gasteiger partial charge in [-0.15, -0.1) is 5.10 Å². The number of methoxy groups -OCH3 is 1. The lowest BCUT2D eigenvalue weighted by molar-refractivity contribution is 0.394. The normalized spacial score (nSPS) is 11.4. The Balaban J connectivity index is 1.73. The lowest BCUT2D eigenvalue weighted by atomic mass is 9.99. The van der Waals surface area contributed by atoms with Crippen LogP contribution in [0.4, 0.5) is 4.39 Å². The molecule has 0 N–H and O–H groups in total. The number of benzene rings is 1. The number of imidazole rings is 2. The van der Waals surface area contributed by atoms with Crippen LogP contribution in [0.25, 0.3) is 39.1 Å². The van der Waals surface area contributed by atoms with Gasteiger partial charge in [0.25, 0.3) is 0 Å². The van der Waals surface area contributed by atoms with Crippen molar-refractivity contribution in [3.05, 3.63) is 61.1 Å². The smallest absolute Gasteiger partial charge is 0.207 e. The van der Waals surface area contributed by atoms with Crippen molar-refractivity contribution in [2.24, 2.45) is 0 Å². The fraction of sp³-hybridized carbons (Fsp3) is 0.143. The van der Waals surface area contributed by atoms with E-state index >= 15 is 0 Å². The van der Waals surface area contributed by atoms with Gasteiger partial charge in [0, 0.05) is 35.6 Å². The summed E-state index contributed by atoms with van der Waals surface area (Å²) in [5, 5.41) is 8.32. The number of pyridine rings is 1. The second kappa shape index (κ2) is 6.66. The van der Waals surface area contributed by atoms with E-state index in [1.807, 2.05) is 23.6 Å². The van der Waals surface area contributed by atoms with E-state index in [-0.39, 0.29) is 5.82 Å². The van der Waals surface area contributed by atoms with Crippen LogP contribution in [0.3, 0.4) is 0 Å². The van der Waals surface area contributed by atoms with E-state index < -0.39 is 0 Å². The molecule has 144 valence electrons. The summed E-state index contributed by atoms with van der Waals surface area (Å²) in [7, 11) is 1.56. The third-order valence-electron chi connectivity index (χ3n) is 5.02. The van der Waals surface area contributed by atoms with Crippen LogP contribution in [0.1, 0.15) is 6.92 Å². The molecule has 1 aromatic carbocycles. The van der Waals surface area contributed by atoms with Crippen molar-refractivity contribution in [1.82, 2.24) is 29.1 Å². The van der Waals surface area contributed by atoms with Crippen molar-refractivity contribution in [1.29, 1.82) is 0 Å². The highest BCUT2D eigenvalue weighted by atomic mass is 19.1. The molecule has 0 atom stereocenters. The molecule has 4 heterocycles. The van der Waals surface area contributed by atoms with E-state index in [0.717, 1.165) is 28.8 Å². The van der Waals surface area contributed by atoms with Crippen molar-refractivity contribution >= 4 is 16.8 Å². The maximum absolute atomic E-state index is 14.9. The van der Waals surface area contributed by atoms with Gasteiger partial charge in [-0.3, -0.25) is 4.40 Å². The first kappa shape index (κ1) is 17.3. The van der Waals surface area contributed by atoms with Crippen LogP contribution in [0.15, 0.2) is 55.2 Å². The number of ether oxygens (including phenoxy) is 1. The Labute approximate surface area is 165 Å². The van der Waals surface area contributed by atoms with Gasteiger partial charge >= 0.3 is 0 Å². The van der Waals surface area contributed by atoms with Crippen molar-refractivity contribution in [2.75, 3.05) is 7.11 Å². The fourth-order valence-corrected chi connectivity index (χ4v) is 3.60. The lowest BCUT2D eigenvalue weighted by Gasteiger charge is -2.13. The highest BCUT2D eigenvalue weighted by Crippen LogP contribution is 2.36. The molecular formula is C21H17FN6O. The van der Waals surface area contributed by atoms with Crippen molar-refractivity contribution in [3.63, 3.8) is 0 Å². The molecule has 0 radical (unpaired) electrons. The molecule has 0 spiro atoms. The molecule has 0 aliphatic rings. The topological polar surface area (TPSA) is 70.1 Å². The maximum atomic E-state index is 14.9. The second-order valence-corrected chi connectivity index (χ2v) is 6.57. The Morgan fingerprint density at radius 1 is 1.07 bits per heavy atom. The van der Waals surface area contributed by atoms with Crippen LogP contribution in [0.2, 0.25) is 0 Å². The Kier molecular flexibility index (Phi) is 3.97. The molecule has 8 heteroatoms. The van der Waals surface area contributed by atoms with E-state index in [4.69, 9.17) is 4.74 Å². The number of rotatable bonds is 4. The largest absolute Gasteiger partial charge is 0.481 e. The summed E-state index contributed by atoms with van der Waals surface area (Å²) in [6.07, 6.45) is 6.86. The fourth-order valence-electron chi connectivity index (χ4n) is 3.60. The van der Waals surface area contributed by atoms with Gasteiger partial charge in [0.2, 0.25) is 5.88 Å². The Morgan fingerprint density at radius 2 is 1.97 bits per heavy atom. The monoisotopic (exact) mass is 388 g/mol. The third kappa shape index (κ3) is 2.64. The number of hydrogen-bond donors (Lipinski definition) is 0. The summed E-state index contributed by atoms with van der Waals surface area (Å²) in [4.78, 5) is 8.75. The third-order valence-corrected chi connectivity index (χ3v) is 5.02. The average Bonchev–Trinajstić information content (AvgIpc) is 3.40. The van der Waals surface area contributed by atoms with Crippen LogP contribution >= 0.6 is 0 Å². The number of nitrogens with zero attached hydrogens (tertiary/aromatic N) is 6. The summed E-state index contributed by atoms with van der Waals surface area (Å²) >= 11 is 0. The minimum Gasteiger partial charge on any atom is -0.481 e. The molecule has 0 amide bonds. The second-order valence-electron chi connectivity index (χ2n) is 6.57. The Hall–Kier alpha value is -3.81. The van der Waals surface area contributed by atoms with Gasteiger partial charge in [0.15, 0.2) is 5.65 Å². The molecule has 0 saturated carbocycles. The van der Waals surface area contributed by atoms with Gasteiger partial charge in [0.05, 0.1) is 19.6 Å². The summed E-state index contributed by atoms with van der Waals surface area (Å²) in [5.41, 5.74) is 4.82. The van der Waals surface area contributed by atoms with Gasteiger partial charge in [0.1, 0.15) is 17.0 Å². The van der Waals surface area contributed by atoms with Crippen LogP contribution in [-0.4, -0.2) is 36.2 Å². The number of halogens is 1. The number of fused-ring (bicyclic) bond motifs is 2. The summed E-state index contributed by atoms with van der Waals surface area (Å²) in [6.45, 7) is 2.76. The van der Waals surface area contributed by atoms with Gasteiger partial charge in [-0.1, -0.05) is 6.07 Å². The van der Waals surface area contributed by atoms with Gasteiger partial charge in [-0.25, -0.2) is 14.4 Å². The maximum Gasteiger partial charge on any atom is 0.207 e. The van der Waals surface area contributed by atoms with Crippen LogP contribution in [-0.2, 0) is 6.54 Å². The minimum atomic E-state index is -0.344. The number of aryl methyl sites for hydroxylation is 1.